The normalized spacial score (nSPS) is 15.4. The van der Waals surface area contributed by atoms with Crippen LogP contribution in [0.15, 0.2) is 238 Å². The Morgan fingerprint density at radius 2 is 0.639 bits per heavy atom. The van der Waals surface area contributed by atoms with Gasteiger partial charge in [0, 0.05) is 40.3 Å². The summed E-state index contributed by atoms with van der Waals surface area (Å²) in [6.45, 7) is 7.60. The molecular formula is C72H43F8NO2. The number of para-hydroxylation sites is 1. The Kier molecular flexibility index (Phi) is 12.8. The Morgan fingerprint density at radius 1 is 0.313 bits per heavy atom. The molecule has 0 aromatic heterocycles. The molecule has 2 unspecified atom stereocenters. The number of rotatable bonds is 13. The molecule has 0 bridgehead atoms. The third-order valence-electron chi connectivity index (χ3n) is 15.8. The molecule has 0 spiro atoms. The Hall–Kier alpha value is -10.3. The van der Waals surface area contributed by atoms with Crippen molar-refractivity contribution in [3.8, 4) is 45.3 Å². The lowest BCUT2D eigenvalue weighted by atomic mass is 9.67. The van der Waals surface area contributed by atoms with E-state index in [-0.39, 0.29) is 34.4 Å². The predicted octanol–water partition coefficient (Wildman–Crippen LogP) is 19.9. The summed E-state index contributed by atoms with van der Waals surface area (Å²) in [7, 11) is 0. The summed E-state index contributed by atoms with van der Waals surface area (Å²) < 4.78 is 145. The molecule has 0 N–H and O–H groups in total. The highest BCUT2D eigenvalue weighted by Gasteiger charge is 2.53. The molecule has 83 heavy (non-hydrogen) atoms. The van der Waals surface area contributed by atoms with Crippen LogP contribution in [0.4, 0.5) is 52.2 Å². The van der Waals surface area contributed by atoms with Gasteiger partial charge in [-0.25, -0.2) is 35.1 Å². The Bertz CT molecular complexity index is 4080. The van der Waals surface area contributed by atoms with Crippen LogP contribution in [-0.2, 0) is 10.8 Å². The fourth-order valence-electron chi connectivity index (χ4n) is 12.3. The first kappa shape index (κ1) is 52.1. The number of anilines is 3. The standard InChI is InChI=1S/C72H43F8NO2/c1-3-42-18-28-49(29-19-42)82-51-32-22-44(23-33-51)71(65-67(77)61(73)40-62(74)68(65)78)57-16-10-8-14-53(57)55-36-26-47(38-59(55)71)81(46-12-6-5-7-13-46)48-27-37-56-54-15-9-11-17-58(54)72(60(56)39-48,66-69(79)63(75)41-64(76)70(66)80)45-24-34-52(35-25-45)83-50-30-20-43(4-2)21-31-50/h3-41H,1-2H2. The molecule has 2 aliphatic rings. The molecule has 0 radical (unpaired) electrons. The topological polar surface area (TPSA) is 21.7 Å². The monoisotopic (exact) mass is 1110 g/mol. The molecule has 0 amide bonds. The van der Waals surface area contributed by atoms with Crippen LogP contribution in [0.3, 0.4) is 0 Å². The zero-order valence-electron chi connectivity index (χ0n) is 43.7. The molecule has 0 heterocycles. The molecule has 11 aromatic carbocycles. The second kappa shape index (κ2) is 20.4. The van der Waals surface area contributed by atoms with Crippen molar-refractivity contribution in [1.82, 2.24) is 0 Å². The van der Waals surface area contributed by atoms with E-state index in [2.05, 4.69) is 13.2 Å². The van der Waals surface area contributed by atoms with E-state index in [0.717, 1.165) is 11.1 Å². The molecule has 0 saturated heterocycles. The smallest absolute Gasteiger partial charge is 0.166 e. The minimum Gasteiger partial charge on any atom is -0.457 e. The second-order valence-electron chi connectivity index (χ2n) is 20.2. The molecule has 0 fully saturated rings. The van der Waals surface area contributed by atoms with E-state index in [1.807, 2.05) is 29.2 Å². The van der Waals surface area contributed by atoms with Gasteiger partial charge in [0.1, 0.15) is 23.0 Å². The zero-order valence-corrected chi connectivity index (χ0v) is 43.7. The van der Waals surface area contributed by atoms with Crippen molar-refractivity contribution in [2.75, 3.05) is 4.90 Å². The maximum absolute atomic E-state index is 17.1. The molecule has 0 saturated carbocycles. The number of hydrogen-bond acceptors (Lipinski definition) is 3. The SMILES string of the molecule is C=Cc1ccc(Oc2ccc(C3(c4c(F)c(F)cc(F)c4F)c4ccccc4-c4ccc(N(c5ccccc5)c5ccc6c(c5)C(c5ccc(Oc7ccc(C=C)cc7)cc5)(c5c(F)c(F)cc(F)c5F)c5ccccc5-6)cc43)cc2)cc1. The molecular weight excluding hydrogens is 1060 g/mol. The largest absolute Gasteiger partial charge is 0.457 e. The highest BCUT2D eigenvalue weighted by Crippen LogP contribution is 2.61. The minimum absolute atomic E-state index is 0.180. The average molecular weight is 1110 g/mol. The van der Waals surface area contributed by atoms with Crippen molar-refractivity contribution in [2.45, 2.75) is 10.8 Å². The lowest BCUT2D eigenvalue weighted by Crippen LogP contribution is -2.32. The fraction of sp³-hybridized carbons (Fsp3) is 0.0278. The van der Waals surface area contributed by atoms with Gasteiger partial charge < -0.3 is 14.4 Å². The first-order valence-corrected chi connectivity index (χ1v) is 26.4. The quantitative estimate of drug-likeness (QED) is 0.0848. The highest BCUT2D eigenvalue weighted by atomic mass is 19.2. The van der Waals surface area contributed by atoms with Crippen molar-refractivity contribution < 1.29 is 44.6 Å². The number of ether oxygens (including phenoxy) is 2. The van der Waals surface area contributed by atoms with Gasteiger partial charge in [0.05, 0.1) is 10.8 Å². The van der Waals surface area contributed by atoms with E-state index < -0.39 is 68.5 Å². The number of fused-ring (bicyclic) bond motifs is 6. The van der Waals surface area contributed by atoms with Gasteiger partial charge in [0.15, 0.2) is 46.5 Å². The third-order valence-corrected chi connectivity index (χ3v) is 15.8. The van der Waals surface area contributed by atoms with Crippen molar-refractivity contribution in [3.63, 3.8) is 0 Å². The summed E-state index contributed by atoms with van der Waals surface area (Å²) in [4.78, 5) is 1.81. The van der Waals surface area contributed by atoms with E-state index in [1.54, 1.807) is 200 Å². The van der Waals surface area contributed by atoms with Gasteiger partial charge in [-0.15, -0.1) is 0 Å². The minimum atomic E-state index is -2.08. The van der Waals surface area contributed by atoms with Crippen molar-refractivity contribution >= 4 is 29.2 Å². The second-order valence-corrected chi connectivity index (χ2v) is 20.2. The van der Waals surface area contributed by atoms with Crippen LogP contribution < -0.4 is 14.4 Å². The summed E-state index contributed by atoms with van der Waals surface area (Å²) in [6.07, 6.45) is 3.38. The maximum atomic E-state index is 17.1. The molecule has 13 rings (SSSR count). The van der Waals surface area contributed by atoms with Gasteiger partial charge in [-0.1, -0.05) is 153 Å². The van der Waals surface area contributed by atoms with E-state index >= 15 is 35.1 Å². The molecule has 2 aliphatic carbocycles. The molecule has 404 valence electrons. The third kappa shape index (κ3) is 8.24. The van der Waals surface area contributed by atoms with Crippen LogP contribution in [0.2, 0.25) is 0 Å². The van der Waals surface area contributed by atoms with Crippen molar-refractivity contribution in [1.29, 1.82) is 0 Å². The highest BCUT2D eigenvalue weighted by molar-refractivity contribution is 5.92. The van der Waals surface area contributed by atoms with Crippen LogP contribution in [-0.4, -0.2) is 0 Å². The summed E-state index contributed by atoms with van der Waals surface area (Å²) in [6, 6.07) is 60.8. The molecule has 2 atom stereocenters. The van der Waals surface area contributed by atoms with E-state index in [0.29, 0.717) is 73.4 Å². The average Bonchev–Trinajstić information content (AvgIpc) is 1.76. The molecule has 3 nitrogen and oxygen atoms in total. The van der Waals surface area contributed by atoms with Crippen LogP contribution in [0, 0.1) is 46.5 Å². The molecule has 11 aromatic rings. The van der Waals surface area contributed by atoms with Crippen LogP contribution >= 0.6 is 0 Å². The maximum Gasteiger partial charge on any atom is 0.166 e. The lowest BCUT2D eigenvalue weighted by molar-refractivity contribution is 0.426. The van der Waals surface area contributed by atoms with E-state index in [4.69, 9.17) is 9.47 Å². The van der Waals surface area contributed by atoms with Crippen LogP contribution in [0.1, 0.15) is 55.6 Å². The summed E-state index contributed by atoms with van der Waals surface area (Å²) >= 11 is 0. The zero-order chi connectivity index (χ0) is 57.3. The van der Waals surface area contributed by atoms with E-state index in [1.165, 1.54) is 0 Å². The Balaban J connectivity index is 1.04. The van der Waals surface area contributed by atoms with Crippen molar-refractivity contribution in [2.24, 2.45) is 0 Å². The fourth-order valence-corrected chi connectivity index (χ4v) is 12.3. The first-order valence-electron chi connectivity index (χ1n) is 26.4. The van der Waals surface area contributed by atoms with Gasteiger partial charge in [-0.3, -0.25) is 0 Å². The number of halogens is 8. The molecule has 11 heteroatoms. The Morgan fingerprint density at radius 3 is 1.00 bits per heavy atom. The van der Waals surface area contributed by atoms with Gasteiger partial charge in [0.2, 0.25) is 0 Å². The van der Waals surface area contributed by atoms with Gasteiger partial charge in [-0.05, 0) is 152 Å². The van der Waals surface area contributed by atoms with Crippen molar-refractivity contribution in [3.05, 3.63) is 340 Å². The lowest BCUT2D eigenvalue weighted by Gasteiger charge is -2.36. The van der Waals surface area contributed by atoms with Gasteiger partial charge in [0.25, 0.3) is 0 Å². The van der Waals surface area contributed by atoms with Crippen LogP contribution in [0.5, 0.6) is 23.0 Å². The van der Waals surface area contributed by atoms with Crippen LogP contribution in [0.25, 0.3) is 34.4 Å². The summed E-state index contributed by atoms with van der Waals surface area (Å²) in [5.74, 6) is -11.2. The van der Waals surface area contributed by atoms with E-state index in [9.17, 15) is 0 Å². The predicted molar refractivity (Wildman–Crippen MR) is 309 cm³/mol. The number of hydrogen-bond donors (Lipinski definition) is 0. The van der Waals surface area contributed by atoms with Gasteiger partial charge >= 0.3 is 0 Å². The number of nitrogens with zero attached hydrogens (tertiary/aromatic N) is 1. The van der Waals surface area contributed by atoms with Gasteiger partial charge in [-0.2, -0.15) is 0 Å². The summed E-state index contributed by atoms with van der Waals surface area (Å²) in [5.41, 5.74) is 0.684. The Labute approximate surface area is 472 Å². The summed E-state index contributed by atoms with van der Waals surface area (Å²) in [5, 5.41) is 0. The molecule has 0 aliphatic heterocycles. The first-order chi connectivity index (χ1) is 40.3. The number of benzene rings is 11.